The molecule has 0 saturated carbocycles. The van der Waals surface area contributed by atoms with E-state index in [-0.39, 0.29) is 5.92 Å². The molecule has 1 aliphatic rings. The van der Waals surface area contributed by atoms with Crippen molar-refractivity contribution in [2.75, 3.05) is 21.1 Å². The number of aliphatic hydroxyl groups is 1. The Bertz CT molecular complexity index is 919. The average Bonchev–Trinajstić information content (AvgIpc) is 3.04. The van der Waals surface area contributed by atoms with Crippen LogP contribution in [0.4, 0.5) is 0 Å². The molecule has 0 saturated heterocycles. The van der Waals surface area contributed by atoms with Gasteiger partial charge >= 0.3 is 0 Å². The molecular weight excluding hydrogens is 381 g/mol. The number of halogens is 2. The number of likely N-dealkylation sites (N-methyl/N-ethyl adjacent to an activating group) is 3. The molecule has 1 aliphatic carbocycles. The van der Waals surface area contributed by atoms with Crippen LogP contribution in [0.2, 0.25) is 0 Å². The maximum absolute atomic E-state index is 11.3. The van der Waals surface area contributed by atoms with Gasteiger partial charge < -0.3 is 21.1 Å². The predicted molar refractivity (Wildman–Crippen MR) is 114 cm³/mol. The molecule has 144 valence electrons. The van der Waals surface area contributed by atoms with E-state index in [0.29, 0.717) is 0 Å². The number of rotatable bonds is 6. The average molecular weight is 406 g/mol. The summed E-state index contributed by atoms with van der Waals surface area (Å²) in [7, 11) is 5.69. The van der Waals surface area contributed by atoms with Gasteiger partial charge in [-0.3, -0.25) is 0 Å². The van der Waals surface area contributed by atoms with Gasteiger partial charge in [0.25, 0.3) is 0 Å². The fraction of sp³-hybridized carbons (Fsp3) is 0.333. The van der Waals surface area contributed by atoms with E-state index >= 15 is 0 Å². The molecule has 27 heavy (non-hydrogen) atoms. The minimum Gasteiger partial charge on any atom is -0.389 e. The van der Waals surface area contributed by atoms with Gasteiger partial charge in [-0.25, -0.2) is 0 Å². The summed E-state index contributed by atoms with van der Waals surface area (Å²) in [5.41, 5.74) is 3.32. The van der Waals surface area contributed by atoms with Gasteiger partial charge in [-0.1, -0.05) is 36.4 Å². The van der Waals surface area contributed by atoms with Crippen LogP contribution < -0.4 is 16.0 Å². The van der Waals surface area contributed by atoms with Gasteiger partial charge in [0.15, 0.2) is 0 Å². The molecule has 2 unspecified atom stereocenters. The molecule has 0 bridgehead atoms. The van der Waals surface area contributed by atoms with Gasteiger partial charge in [-0.15, -0.1) is 23.2 Å². The van der Waals surface area contributed by atoms with Crippen molar-refractivity contribution in [2.45, 2.75) is 23.3 Å². The van der Waals surface area contributed by atoms with E-state index in [2.05, 4.69) is 28.1 Å². The largest absolute Gasteiger partial charge is 0.389 e. The summed E-state index contributed by atoms with van der Waals surface area (Å²) in [5, 5.41) is 23.0. The van der Waals surface area contributed by atoms with Crippen molar-refractivity contribution in [2.24, 2.45) is 0 Å². The fourth-order valence-electron chi connectivity index (χ4n) is 3.86. The summed E-state index contributed by atoms with van der Waals surface area (Å²) >= 11 is 12.4. The summed E-state index contributed by atoms with van der Waals surface area (Å²) in [4.78, 5) is -0.970. The fourth-order valence-corrected chi connectivity index (χ4v) is 4.08. The highest BCUT2D eigenvalue weighted by Gasteiger charge is 2.38. The van der Waals surface area contributed by atoms with Crippen LogP contribution in [-0.2, 0) is 5.60 Å². The van der Waals surface area contributed by atoms with Gasteiger partial charge in [0, 0.05) is 32.8 Å². The smallest absolute Gasteiger partial charge is 0.140 e. The molecule has 2 aromatic rings. The summed E-state index contributed by atoms with van der Waals surface area (Å²) in [5.74, 6) is -0.0712. The Balaban J connectivity index is 2.33. The minimum absolute atomic E-state index is 0.0712. The van der Waals surface area contributed by atoms with Crippen molar-refractivity contribution < 1.29 is 5.11 Å². The zero-order valence-electron chi connectivity index (χ0n) is 15.9. The quantitative estimate of drug-likeness (QED) is 0.553. The maximum Gasteiger partial charge on any atom is 0.140 e. The minimum atomic E-state index is -1.41. The Kier molecular flexibility index (Phi) is 5.61. The molecule has 4 nitrogen and oxygen atoms in total. The molecule has 0 spiro atoms. The molecular formula is C21H25Cl2N3O. The number of nitrogens with one attached hydrogen (secondary N) is 3. The molecule has 3 rings (SSSR count). The highest BCUT2D eigenvalue weighted by atomic mass is 35.5. The summed E-state index contributed by atoms with van der Waals surface area (Å²) in [6.45, 7) is 1.67. The van der Waals surface area contributed by atoms with Crippen LogP contribution >= 0.6 is 23.2 Å². The second-order valence-corrected chi connectivity index (χ2v) is 7.89. The van der Waals surface area contributed by atoms with Crippen molar-refractivity contribution in [1.29, 1.82) is 0 Å². The monoisotopic (exact) mass is 405 g/mol. The van der Waals surface area contributed by atoms with Gasteiger partial charge in [-0.2, -0.15) is 0 Å². The number of hydrogen-bond acceptors (Lipinski definition) is 4. The van der Waals surface area contributed by atoms with Crippen molar-refractivity contribution in [3.05, 3.63) is 70.7 Å². The summed E-state index contributed by atoms with van der Waals surface area (Å²) < 4.78 is 0. The molecule has 4 N–H and O–H groups in total. The SMILES string of the molecule is CNC1=CC(c2ccc3ccccc3c2C(C)(O)C(Cl)Cl)C(NC)=C1NC. The van der Waals surface area contributed by atoms with Crippen LogP contribution in [0.1, 0.15) is 24.0 Å². The third-order valence-corrected chi connectivity index (χ3v) is 6.05. The van der Waals surface area contributed by atoms with Crippen LogP contribution in [0, 0.1) is 0 Å². The van der Waals surface area contributed by atoms with E-state index in [4.69, 9.17) is 23.2 Å². The van der Waals surface area contributed by atoms with Crippen molar-refractivity contribution in [3.63, 3.8) is 0 Å². The lowest BCUT2D eigenvalue weighted by Crippen LogP contribution is -2.31. The molecule has 0 aromatic heterocycles. The van der Waals surface area contributed by atoms with Crippen LogP contribution in [0.25, 0.3) is 10.8 Å². The zero-order valence-corrected chi connectivity index (χ0v) is 17.4. The Hall–Kier alpha value is -1.88. The molecule has 2 atom stereocenters. The second kappa shape index (κ2) is 7.63. The van der Waals surface area contributed by atoms with E-state index in [1.54, 1.807) is 6.92 Å². The first kappa shape index (κ1) is 19.9. The van der Waals surface area contributed by atoms with Crippen molar-refractivity contribution >= 4 is 34.0 Å². The first-order chi connectivity index (χ1) is 12.9. The third-order valence-electron chi connectivity index (χ3n) is 5.20. The Morgan fingerprint density at radius 1 is 1.00 bits per heavy atom. The van der Waals surface area contributed by atoms with Crippen LogP contribution in [0.5, 0.6) is 0 Å². The van der Waals surface area contributed by atoms with Gasteiger partial charge in [0.2, 0.25) is 0 Å². The third kappa shape index (κ3) is 3.27. The highest BCUT2D eigenvalue weighted by Crippen LogP contribution is 2.44. The number of fused-ring (bicyclic) bond motifs is 1. The zero-order chi connectivity index (χ0) is 19.8. The first-order valence-electron chi connectivity index (χ1n) is 8.89. The summed E-state index contributed by atoms with van der Waals surface area (Å²) in [6.07, 6.45) is 2.14. The Morgan fingerprint density at radius 3 is 2.30 bits per heavy atom. The molecule has 0 radical (unpaired) electrons. The Labute approximate surface area is 170 Å². The van der Waals surface area contributed by atoms with Crippen molar-refractivity contribution in [1.82, 2.24) is 16.0 Å². The van der Waals surface area contributed by atoms with Gasteiger partial charge in [0.1, 0.15) is 10.4 Å². The topological polar surface area (TPSA) is 56.3 Å². The summed E-state index contributed by atoms with van der Waals surface area (Å²) in [6, 6.07) is 12.1. The maximum atomic E-state index is 11.3. The highest BCUT2D eigenvalue weighted by molar-refractivity contribution is 6.45. The van der Waals surface area contributed by atoms with E-state index in [9.17, 15) is 5.11 Å². The molecule has 2 aromatic carbocycles. The first-order valence-corrected chi connectivity index (χ1v) is 9.76. The van der Waals surface area contributed by atoms with Gasteiger partial charge in [-0.05, 0) is 34.9 Å². The van der Waals surface area contributed by atoms with E-state index in [1.165, 1.54) is 0 Å². The van der Waals surface area contributed by atoms with Gasteiger partial charge in [0.05, 0.1) is 11.4 Å². The number of allylic oxidation sites excluding steroid dienone is 1. The van der Waals surface area contributed by atoms with E-state index < -0.39 is 10.4 Å². The second-order valence-electron chi connectivity index (χ2n) is 6.80. The number of benzene rings is 2. The Morgan fingerprint density at radius 2 is 1.70 bits per heavy atom. The van der Waals surface area contributed by atoms with E-state index in [0.717, 1.165) is 39.0 Å². The predicted octanol–water partition coefficient (Wildman–Crippen LogP) is 3.70. The number of alkyl halides is 2. The number of hydrogen-bond donors (Lipinski definition) is 4. The molecule has 0 heterocycles. The molecule has 0 aliphatic heterocycles. The lowest BCUT2D eigenvalue weighted by atomic mass is 9.82. The van der Waals surface area contributed by atoms with E-state index in [1.807, 2.05) is 51.5 Å². The lowest BCUT2D eigenvalue weighted by Gasteiger charge is -2.31. The van der Waals surface area contributed by atoms with Crippen LogP contribution in [0.15, 0.2) is 59.6 Å². The van der Waals surface area contributed by atoms with Crippen molar-refractivity contribution in [3.8, 4) is 0 Å². The molecule has 0 fully saturated rings. The lowest BCUT2D eigenvalue weighted by molar-refractivity contribution is 0.0726. The van der Waals surface area contributed by atoms with Crippen LogP contribution in [0.3, 0.4) is 0 Å². The standard InChI is InChI=1S/C21H25Cl2N3O/c1-21(27,20(22)23)17-13-8-6-5-7-12(13)9-10-14(17)15-11-16(24-2)19(26-4)18(15)25-3/h5-11,15,20,24-27H,1-4H3. The molecule has 0 amide bonds. The van der Waals surface area contributed by atoms with Crippen LogP contribution in [-0.4, -0.2) is 31.1 Å². The molecule has 6 heteroatoms. The normalized spacial score (nSPS) is 19.3.